The maximum absolute atomic E-state index is 11.9. The van der Waals surface area contributed by atoms with Crippen molar-refractivity contribution in [2.75, 3.05) is 6.67 Å². The summed E-state index contributed by atoms with van der Waals surface area (Å²) in [4.78, 5) is 14.3. The molecule has 0 fully saturated rings. The van der Waals surface area contributed by atoms with E-state index >= 15 is 0 Å². The second-order valence-electron chi connectivity index (χ2n) is 2.94. The number of alkyl halides is 1. The fourth-order valence-corrected chi connectivity index (χ4v) is 1.04. The lowest BCUT2D eigenvalue weighted by Crippen LogP contribution is -2.32. The van der Waals surface area contributed by atoms with Gasteiger partial charge in [0.15, 0.2) is 0 Å². The van der Waals surface area contributed by atoms with Crippen LogP contribution in [0.1, 0.15) is 5.69 Å². The molecule has 78 valence electrons. The molecule has 6 heteroatoms. The van der Waals surface area contributed by atoms with E-state index in [0.717, 1.165) is 0 Å². The fraction of sp³-hybridized carbons (Fsp3) is 0.500. The molecule has 0 radical (unpaired) electrons. The normalized spacial score (nSPS) is 12.7. The average Bonchev–Trinajstić information content (AvgIpc) is 2.53. The Balaban J connectivity index is 2.55. The molecule has 3 N–H and O–H groups in total. The third-order valence-electron chi connectivity index (χ3n) is 1.78. The van der Waals surface area contributed by atoms with Crippen molar-refractivity contribution >= 4 is 5.97 Å². The number of aryl methyl sites for hydroxylation is 1. The van der Waals surface area contributed by atoms with Crippen LogP contribution < -0.4 is 5.73 Å². The van der Waals surface area contributed by atoms with Crippen LogP contribution in [0.25, 0.3) is 0 Å². The van der Waals surface area contributed by atoms with Crippen molar-refractivity contribution in [1.29, 1.82) is 0 Å². The minimum Gasteiger partial charge on any atom is -0.480 e. The van der Waals surface area contributed by atoms with E-state index < -0.39 is 18.7 Å². The van der Waals surface area contributed by atoms with Crippen LogP contribution in [-0.4, -0.2) is 33.3 Å². The summed E-state index contributed by atoms with van der Waals surface area (Å²) in [6.07, 6.45) is 3.22. The van der Waals surface area contributed by atoms with Gasteiger partial charge in [-0.2, -0.15) is 0 Å². The molecular formula is C8H12FN3O2. The van der Waals surface area contributed by atoms with Crippen LogP contribution >= 0.6 is 0 Å². The van der Waals surface area contributed by atoms with E-state index in [1.54, 1.807) is 10.8 Å². The standard InChI is InChI=1S/C8H12FN3O2/c9-1-2-12-4-6(11-5-12)3-7(10)8(13)14/h4-5,7H,1-3,10H2,(H,13,14)/t7-/m1/s1. The topological polar surface area (TPSA) is 81.1 Å². The zero-order chi connectivity index (χ0) is 10.6. The third-order valence-corrected chi connectivity index (χ3v) is 1.78. The number of nitrogens with two attached hydrogens (primary N) is 1. The van der Waals surface area contributed by atoms with Crippen LogP contribution in [0.15, 0.2) is 12.5 Å². The van der Waals surface area contributed by atoms with Gasteiger partial charge in [0.25, 0.3) is 0 Å². The van der Waals surface area contributed by atoms with Gasteiger partial charge in [-0.25, -0.2) is 9.37 Å². The summed E-state index contributed by atoms with van der Waals surface area (Å²) in [7, 11) is 0. The lowest BCUT2D eigenvalue weighted by atomic mass is 10.2. The van der Waals surface area contributed by atoms with Crippen molar-refractivity contribution in [3.63, 3.8) is 0 Å². The van der Waals surface area contributed by atoms with E-state index in [9.17, 15) is 9.18 Å². The van der Waals surface area contributed by atoms with Crippen LogP contribution in [0.4, 0.5) is 4.39 Å². The van der Waals surface area contributed by atoms with Gasteiger partial charge in [-0.1, -0.05) is 0 Å². The highest BCUT2D eigenvalue weighted by Crippen LogP contribution is 2.00. The molecule has 0 saturated heterocycles. The number of halogens is 1. The number of carboxylic acid groups (broad SMARTS) is 1. The molecule has 0 amide bonds. The van der Waals surface area contributed by atoms with Gasteiger partial charge in [-0.05, 0) is 0 Å². The van der Waals surface area contributed by atoms with Crippen molar-refractivity contribution in [2.45, 2.75) is 19.0 Å². The minimum atomic E-state index is -1.06. The predicted molar refractivity (Wildman–Crippen MR) is 47.5 cm³/mol. The molecule has 0 aliphatic heterocycles. The first-order valence-corrected chi connectivity index (χ1v) is 4.18. The van der Waals surface area contributed by atoms with Crippen LogP contribution in [0, 0.1) is 0 Å². The van der Waals surface area contributed by atoms with E-state index in [2.05, 4.69) is 4.98 Å². The number of hydrogen-bond donors (Lipinski definition) is 2. The summed E-state index contributed by atoms with van der Waals surface area (Å²) >= 11 is 0. The first-order valence-electron chi connectivity index (χ1n) is 4.18. The van der Waals surface area contributed by atoms with Gasteiger partial charge in [0.05, 0.1) is 18.6 Å². The Bertz CT molecular complexity index is 313. The van der Waals surface area contributed by atoms with E-state index in [1.165, 1.54) is 6.33 Å². The van der Waals surface area contributed by atoms with E-state index in [4.69, 9.17) is 10.8 Å². The summed E-state index contributed by atoms with van der Waals surface area (Å²) in [5.74, 6) is -1.06. The monoisotopic (exact) mass is 201 g/mol. The highest BCUT2D eigenvalue weighted by Gasteiger charge is 2.13. The highest BCUT2D eigenvalue weighted by atomic mass is 19.1. The van der Waals surface area contributed by atoms with Gasteiger partial charge < -0.3 is 15.4 Å². The number of hydrogen-bond acceptors (Lipinski definition) is 3. The zero-order valence-electron chi connectivity index (χ0n) is 7.56. The third kappa shape index (κ3) is 2.81. The summed E-state index contributed by atoms with van der Waals surface area (Å²) in [5.41, 5.74) is 5.87. The number of imidazole rings is 1. The molecule has 0 aromatic carbocycles. The zero-order valence-corrected chi connectivity index (χ0v) is 7.56. The van der Waals surface area contributed by atoms with Crippen molar-refractivity contribution in [2.24, 2.45) is 5.73 Å². The molecule has 0 aliphatic carbocycles. The number of carbonyl (C=O) groups is 1. The maximum Gasteiger partial charge on any atom is 0.320 e. The van der Waals surface area contributed by atoms with Gasteiger partial charge in [0, 0.05) is 12.6 Å². The fourth-order valence-electron chi connectivity index (χ4n) is 1.04. The van der Waals surface area contributed by atoms with Crippen LogP contribution in [0.2, 0.25) is 0 Å². The summed E-state index contributed by atoms with van der Waals surface area (Å²) in [5, 5.41) is 8.53. The van der Waals surface area contributed by atoms with Crippen molar-refractivity contribution in [3.8, 4) is 0 Å². The van der Waals surface area contributed by atoms with Gasteiger partial charge in [-0.3, -0.25) is 4.79 Å². The number of aliphatic carboxylic acids is 1. The molecule has 1 rings (SSSR count). The van der Waals surface area contributed by atoms with Crippen LogP contribution in [0.3, 0.4) is 0 Å². The van der Waals surface area contributed by atoms with Gasteiger partial charge in [-0.15, -0.1) is 0 Å². The average molecular weight is 201 g/mol. The first kappa shape index (κ1) is 10.6. The first-order chi connectivity index (χ1) is 6.63. The molecule has 0 unspecified atom stereocenters. The molecule has 14 heavy (non-hydrogen) atoms. The Morgan fingerprint density at radius 3 is 3.07 bits per heavy atom. The Kier molecular flexibility index (Phi) is 3.58. The smallest absolute Gasteiger partial charge is 0.320 e. The molecule has 0 bridgehead atoms. The lowest BCUT2D eigenvalue weighted by Gasteiger charge is -2.02. The molecule has 5 nitrogen and oxygen atoms in total. The second-order valence-corrected chi connectivity index (χ2v) is 2.94. The molecule has 0 saturated carbocycles. The molecule has 1 atom stereocenters. The van der Waals surface area contributed by atoms with E-state index in [-0.39, 0.29) is 13.0 Å². The molecule has 0 aliphatic rings. The van der Waals surface area contributed by atoms with Crippen molar-refractivity contribution < 1.29 is 14.3 Å². The van der Waals surface area contributed by atoms with Gasteiger partial charge in [0.1, 0.15) is 12.7 Å². The minimum absolute atomic E-state index is 0.161. The van der Waals surface area contributed by atoms with E-state index in [0.29, 0.717) is 5.69 Å². The number of aromatic nitrogens is 2. The lowest BCUT2D eigenvalue weighted by molar-refractivity contribution is -0.138. The maximum atomic E-state index is 11.9. The van der Waals surface area contributed by atoms with Crippen molar-refractivity contribution in [3.05, 3.63) is 18.2 Å². The van der Waals surface area contributed by atoms with E-state index in [1.807, 2.05) is 0 Å². The number of nitrogens with zero attached hydrogens (tertiary/aromatic N) is 2. The second kappa shape index (κ2) is 4.71. The molecular weight excluding hydrogens is 189 g/mol. The van der Waals surface area contributed by atoms with Gasteiger partial charge >= 0.3 is 5.97 Å². The molecule has 0 spiro atoms. The Morgan fingerprint density at radius 2 is 2.50 bits per heavy atom. The quantitative estimate of drug-likeness (QED) is 0.691. The summed E-state index contributed by atoms with van der Waals surface area (Å²) in [6.45, 7) is -0.240. The number of carboxylic acids is 1. The highest BCUT2D eigenvalue weighted by molar-refractivity contribution is 5.73. The summed E-state index contributed by atoms with van der Waals surface area (Å²) in [6, 6.07) is -0.955. The van der Waals surface area contributed by atoms with Crippen LogP contribution in [-0.2, 0) is 17.8 Å². The Labute approximate surface area is 80.4 Å². The van der Waals surface area contributed by atoms with Crippen molar-refractivity contribution in [1.82, 2.24) is 9.55 Å². The number of rotatable bonds is 5. The SMILES string of the molecule is N[C@H](Cc1cn(CCF)cn1)C(=O)O. The van der Waals surface area contributed by atoms with Crippen LogP contribution in [0.5, 0.6) is 0 Å². The molecule has 1 aromatic rings. The van der Waals surface area contributed by atoms with Gasteiger partial charge in [0.2, 0.25) is 0 Å². The molecule has 1 aromatic heterocycles. The largest absolute Gasteiger partial charge is 0.480 e. The predicted octanol–water partition coefficient (Wildman–Crippen LogP) is -0.193. The Morgan fingerprint density at radius 1 is 1.79 bits per heavy atom. The molecule has 1 heterocycles. The summed E-state index contributed by atoms with van der Waals surface area (Å²) < 4.78 is 13.5. The Hall–Kier alpha value is -1.43.